The van der Waals surface area contributed by atoms with E-state index in [1.807, 2.05) is 32.0 Å². The number of carbonyl (C=O) groups excluding carboxylic acids is 1. The molecule has 0 atom stereocenters. The molecular formula is C15H16N2OS. The predicted molar refractivity (Wildman–Crippen MR) is 75.6 cm³/mol. The van der Waals surface area contributed by atoms with Crippen LogP contribution in [0.1, 0.15) is 29.0 Å². The quantitative estimate of drug-likeness (QED) is 0.854. The van der Waals surface area contributed by atoms with Crippen molar-refractivity contribution in [2.24, 2.45) is 5.92 Å². The number of aromatic nitrogens is 2. The van der Waals surface area contributed by atoms with Crippen molar-refractivity contribution in [3.8, 4) is 0 Å². The molecule has 2 aromatic rings. The molecule has 0 radical (unpaired) electrons. The van der Waals surface area contributed by atoms with E-state index in [4.69, 9.17) is 0 Å². The van der Waals surface area contributed by atoms with Crippen LogP contribution in [0.4, 0.5) is 0 Å². The van der Waals surface area contributed by atoms with Gasteiger partial charge >= 0.3 is 0 Å². The highest BCUT2D eigenvalue weighted by Crippen LogP contribution is 2.35. The van der Waals surface area contributed by atoms with Gasteiger partial charge in [-0.1, -0.05) is 30.0 Å². The summed E-state index contributed by atoms with van der Waals surface area (Å²) in [6.07, 6.45) is 2.02. The van der Waals surface area contributed by atoms with E-state index in [1.54, 1.807) is 16.4 Å². The van der Waals surface area contributed by atoms with Crippen LogP contribution in [0.5, 0.6) is 0 Å². The smallest absolute Gasteiger partial charge is 0.250 e. The Morgan fingerprint density at radius 1 is 1.26 bits per heavy atom. The van der Waals surface area contributed by atoms with Gasteiger partial charge in [0.05, 0.1) is 16.3 Å². The second-order valence-corrected chi connectivity index (χ2v) is 6.02. The van der Waals surface area contributed by atoms with Gasteiger partial charge in [0, 0.05) is 10.8 Å². The first-order valence-corrected chi connectivity index (χ1v) is 7.32. The molecule has 1 heterocycles. The van der Waals surface area contributed by atoms with Crippen LogP contribution in [-0.4, -0.2) is 15.7 Å². The largest absolute Gasteiger partial charge is 0.272 e. The molecule has 3 nitrogen and oxygen atoms in total. The van der Waals surface area contributed by atoms with Gasteiger partial charge in [-0.2, -0.15) is 5.10 Å². The lowest BCUT2D eigenvalue weighted by Crippen LogP contribution is -2.15. The Kier molecular flexibility index (Phi) is 3.19. The molecule has 0 saturated heterocycles. The normalized spacial score (nSPS) is 14.6. The maximum atomic E-state index is 12.1. The Labute approximate surface area is 117 Å². The van der Waals surface area contributed by atoms with Gasteiger partial charge in [-0.3, -0.25) is 4.79 Å². The number of hydrogen-bond donors (Lipinski definition) is 0. The van der Waals surface area contributed by atoms with E-state index in [2.05, 4.69) is 17.2 Å². The van der Waals surface area contributed by atoms with Gasteiger partial charge in [-0.15, -0.1) is 0 Å². The molecule has 0 aliphatic heterocycles. The van der Waals surface area contributed by atoms with Gasteiger partial charge in [0.2, 0.25) is 5.91 Å². The Morgan fingerprint density at radius 2 is 1.95 bits per heavy atom. The fourth-order valence-electron chi connectivity index (χ4n) is 2.10. The van der Waals surface area contributed by atoms with Crippen LogP contribution in [0.15, 0.2) is 40.1 Å². The first kappa shape index (κ1) is 12.5. The maximum absolute atomic E-state index is 12.1. The van der Waals surface area contributed by atoms with Crippen molar-refractivity contribution in [2.75, 3.05) is 0 Å². The molecule has 1 aliphatic rings. The fraction of sp³-hybridized carbons (Fsp3) is 0.333. The molecule has 0 spiro atoms. The zero-order valence-electron chi connectivity index (χ0n) is 11.1. The molecule has 0 unspecified atom stereocenters. The molecule has 0 N–H and O–H groups in total. The van der Waals surface area contributed by atoms with E-state index >= 15 is 0 Å². The van der Waals surface area contributed by atoms with E-state index in [9.17, 15) is 4.79 Å². The summed E-state index contributed by atoms with van der Waals surface area (Å²) in [7, 11) is 0. The zero-order valence-corrected chi connectivity index (χ0v) is 11.9. The average Bonchev–Trinajstić information content (AvgIpc) is 3.22. The van der Waals surface area contributed by atoms with Crippen LogP contribution in [-0.2, 0) is 0 Å². The first-order chi connectivity index (χ1) is 9.16. The van der Waals surface area contributed by atoms with Gasteiger partial charge in [0.25, 0.3) is 0 Å². The highest BCUT2D eigenvalue weighted by Gasteiger charge is 2.33. The SMILES string of the molecule is Cc1nn(C(=O)C2CC2)c(C)c1Sc1ccccc1. The Balaban J connectivity index is 1.91. The van der Waals surface area contributed by atoms with Crippen molar-refractivity contribution < 1.29 is 4.79 Å². The number of carbonyl (C=O) groups is 1. The van der Waals surface area contributed by atoms with Crippen molar-refractivity contribution in [3.63, 3.8) is 0 Å². The number of rotatable bonds is 3. The molecule has 1 aromatic heterocycles. The summed E-state index contributed by atoms with van der Waals surface area (Å²) in [5.74, 6) is 0.355. The van der Waals surface area contributed by atoms with E-state index in [0.29, 0.717) is 0 Å². The Hall–Kier alpha value is -1.55. The summed E-state index contributed by atoms with van der Waals surface area (Å²) >= 11 is 1.68. The van der Waals surface area contributed by atoms with Crippen molar-refractivity contribution in [1.29, 1.82) is 0 Å². The molecule has 19 heavy (non-hydrogen) atoms. The van der Waals surface area contributed by atoms with Crippen LogP contribution in [0.25, 0.3) is 0 Å². The Morgan fingerprint density at radius 3 is 2.58 bits per heavy atom. The van der Waals surface area contributed by atoms with E-state index in [0.717, 1.165) is 29.1 Å². The average molecular weight is 272 g/mol. The second kappa shape index (κ2) is 4.85. The number of aryl methyl sites for hydroxylation is 1. The summed E-state index contributed by atoms with van der Waals surface area (Å²) in [6.45, 7) is 3.94. The van der Waals surface area contributed by atoms with Crippen molar-refractivity contribution >= 4 is 17.7 Å². The summed E-state index contributed by atoms with van der Waals surface area (Å²) in [5, 5.41) is 4.41. The van der Waals surface area contributed by atoms with E-state index < -0.39 is 0 Å². The summed E-state index contributed by atoms with van der Waals surface area (Å²) in [5.41, 5.74) is 1.89. The summed E-state index contributed by atoms with van der Waals surface area (Å²) in [4.78, 5) is 14.4. The molecule has 1 aromatic carbocycles. The predicted octanol–water partition coefficient (Wildman–Crippen LogP) is 3.70. The minimum atomic E-state index is 0.153. The molecule has 1 saturated carbocycles. The molecule has 0 amide bonds. The molecule has 4 heteroatoms. The minimum absolute atomic E-state index is 0.153. The van der Waals surface area contributed by atoms with Gasteiger partial charge < -0.3 is 0 Å². The van der Waals surface area contributed by atoms with Crippen molar-refractivity contribution in [3.05, 3.63) is 41.7 Å². The second-order valence-electron chi connectivity index (χ2n) is 4.94. The van der Waals surface area contributed by atoms with Gasteiger partial charge in [0.15, 0.2) is 0 Å². The molecule has 98 valence electrons. The lowest BCUT2D eigenvalue weighted by atomic mass is 10.3. The standard InChI is InChI=1S/C15H16N2OS/c1-10-14(19-13-6-4-3-5-7-13)11(2)17(16-10)15(18)12-8-9-12/h3-7,12H,8-9H2,1-2H3. The van der Waals surface area contributed by atoms with Crippen LogP contribution >= 0.6 is 11.8 Å². The zero-order chi connectivity index (χ0) is 13.4. The van der Waals surface area contributed by atoms with Crippen LogP contribution in [0.2, 0.25) is 0 Å². The summed E-state index contributed by atoms with van der Waals surface area (Å²) in [6, 6.07) is 10.2. The topological polar surface area (TPSA) is 34.9 Å². The highest BCUT2D eigenvalue weighted by atomic mass is 32.2. The highest BCUT2D eigenvalue weighted by molar-refractivity contribution is 7.99. The maximum Gasteiger partial charge on any atom is 0.250 e. The lowest BCUT2D eigenvalue weighted by molar-refractivity contribution is 0.0866. The van der Waals surface area contributed by atoms with Gasteiger partial charge in [0.1, 0.15) is 0 Å². The third-order valence-corrected chi connectivity index (χ3v) is 4.63. The molecule has 3 rings (SSSR count). The molecule has 1 aliphatic carbocycles. The number of benzene rings is 1. The van der Waals surface area contributed by atoms with Gasteiger partial charge in [-0.05, 0) is 38.8 Å². The number of hydrogen-bond acceptors (Lipinski definition) is 3. The van der Waals surface area contributed by atoms with E-state index in [-0.39, 0.29) is 11.8 Å². The third kappa shape index (κ3) is 2.45. The van der Waals surface area contributed by atoms with Crippen molar-refractivity contribution in [1.82, 2.24) is 9.78 Å². The van der Waals surface area contributed by atoms with E-state index in [1.165, 1.54) is 4.90 Å². The number of nitrogens with zero attached hydrogens (tertiary/aromatic N) is 2. The summed E-state index contributed by atoms with van der Waals surface area (Å²) < 4.78 is 1.60. The molecular weight excluding hydrogens is 256 g/mol. The third-order valence-electron chi connectivity index (χ3n) is 3.32. The lowest BCUT2D eigenvalue weighted by Gasteiger charge is -2.03. The molecule has 0 bridgehead atoms. The van der Waals surface area contributed by atoms with Crippen LogP contribution < -0.4 is 0 Å². The van der Waals surface area contributed by atoms with Gasteiger partial charge in [-0.25, -0.2) is 4.68 Å². The monoisotopic (exact) mass is 272 g/mol. The Bertz CT molecular complexity index is 615. The molecule has 1 fully saturated rings. The fourth-order valence-corrected chi connectivity index (χ4v) is 3.05. The first-order valence-electron chi connectivity index (χ1n) is 6.50. The minimum Gasteiger partial charge on any atom is -0.272 e. The van der Waals surface area contributed by atoms with Crippen LogP contribution in [0.3, 0.4) is 0 Å². The van der Waals surface area contributed by atoms with Crippen molar-refractivity contribution in [2.45, 2.75) is 36.5 Å². The van der Waals surface area contributed by atoms with Crippen LogP contribution in [0, 0.1) is 19.8 Å².